The van der Waals surface area contributed by atoms with Crippen LogP contribution in [0.15, 0.2) is 29.4 Å². The Bertz CT molecular complexity index is 712. The van der Waals surface area contributed by atoms with Crippen molar-refractivity contribution in [1.82, 2.24) is 19.5 Å². The van der Waals surface area contributed by atoms with Gasteiger partial charge in [0.2, 0.25) is 10.0 Å². The lowest BCUT2D eigenvalue weighted by Gasteiger charge is -2.08. The highest BCUT2D eigenvalue weighted by atomic mass is 32.2. The van der Waals surface area contributed by atoms with Gasteiger partial charge in [0.1, 0.15) is 18.0 Å². The molecule has 2 aromatic rings. The number of halogens is 1. The van der Waals surface area contributed by atoms with Crippen LogP contribution in [0.1, 0.15) is 18.3 Å². The van der Waals surface area contributed by atoms with E-state index in [0.717, 1.165) is 6.07 Å². The molecule has 8 heteroatoms. The van der Waals surface area contributed by atoms with Gasteiger partial charge in [0.25, 0.3) is 0 Å². The molecule has 0 amide bonds. The fourth-order valence-corrected chi connectivity index (χ4v) is 2.66. The second kappa shape index (κ2) is 5.68. The minimum atomic E-state index is -3.77. The topological polar surface area (TPSA) is 76.9 Å². The van der Waals surface area contributed by atoms with Gasteiger partial charge in [0, 0.05) is 6.54 Å². The van der Waals surface area contributed by atoms with E-state index in [4.69, 9.17) is 0 Å². The molecule has 0 unspecified atom stereocenters. The number of nitrogens with one attached hydrogen (secondary N) is 1. The maximum absolute atomic E-state index is 13.4. The van der Waals surface area contributed by atoms with E-state index in [1.165, 1.54) is 18.5 Å². The van der Waals surface area contributed by atoms with Crippen molar-refractivity contribution in [2.24, 2.45) is 0 Å². The lowest BCUT2D eigenvalue weighted by molar-refractivity contribution is 0.571. The summed E-state index contributed by atoms with van der Waals surface area (Å²) < 4.78 is 41.6. The van der Waals surface area contributed by atoms with Gasteiger partial charge in [-0.3, -0.25) is 0 Å². The molecule has 1 heterocycles. The second-order valence-electron chi connectivity index (χ2n) is 4.27. The van der Waals surface area contributed by atoms with Crippen LogP contribution < -0.4 is 4.72 Å². The van der Waals surface area contributed by atoms with Crippen molar-refractivity contribution in [3.05, 3.63) is 41.7 Å². The van der Waals surface area contributed by atoms with Crippen LogP contribution in [-0.4, -0.2) is 23.2 Å². The molecule has 2 rings (SSSR count). The molecule has 0 spiro atoms. The molecule has 0 radical (unpaired) electrons. The minimum Gasteiger partial charge on any atom is -0.317 e. The van der Waals surface area contributed by atoms with Crippen LogP contribution in [0.2, 0.25) is 0 Å². The Hall–Kier alpha value is -1.80. The summed E-state index contributed by atoms with van der Waals surface area (Å²) in [5.41, 5.74) is 0.398. The number of rotatable bonds is 5. The molecule has 0 saturated heterocycles. The standard InChI is InChI=1S/C12H15FN4O2S/c1-3-17-8-14-16-12(17)7-15-20(18,19)10-5-4-9(2)11(13)6-10/h4-6,8,15H,3,7H2,1-2H3. The van der Waals surface area contributed by atoms with E-state index >= 15 is 0 Å². The third-order valence-electron chi connectivity index (χ3n) is 2.91. The third-order valence-corrected chi connectivity index (χ3v) is 4.31. The largest absolute Gasteiger partial charge is 0.317 e. The predicted octanol–water partition coefficient (Wildman–Crippen LogP) is 1.22. The van der Waals surface area contributed by atoms with E-state index in [2.05, 4.69) is 14.9 Å². The average molecular weight is 298 g/mol. The van der Waals surface area contributed by atoms with Crippen LogP contribution in [0, 0.1) is 12.7 Å². The summed E-state index contributed by atoms with van der Waals surface area (Å²) in [6.45, 7) is 4.12. The van der Waals surface area contributed by atoms with Gasteiger partial charge in [-0.25, -0.2) is 17.5 Å². The Balaban J connectivity index is 2.17. The van der Waals surface area contributed by atoms with E-state index in [0.29, 0.717) is 17.9 Å². The minimum absolute atomic E-state index is 0.00562. The summed E-state index contributed by atoms with van der Waals surface area (Å²) in [5, 5.41) is 7.54. The Morgan fingerprint density at radius 3 is 2.80 bits per heavy atom. The van der Waals surface area contributed by atoms with Gasteiger partial charge in [-0.2, -0.15) is 0 Å². The number of aryl methyl sites for hydroxylation is 2. The molecule has 1 aromatic heterocycles. The van der Waals surface area contributed by atoms with Crippen LogP contribution in [0.25, 0.3) is 0 Å². The lowest BCUT2D eigenvalue weighted by atomic mass is 10.2. The fraction of sp³-hybridized carbons (Fsp3) is 0.333. The van der Waals surface area contributed by atoms with E-state index in [9.17, 15) is 12.8 Å². The van der Waals surface area contributed by atoms with Crippen LogP contribution in [0.4, 0.5) is 4.39 Å². The summed E-state index contributed by atoms with van der Waals surface area (Å²) in [6.07, 6.45) is 1.52. The number of hydrogen-bond donors (Lipinski definition) is 1. The highest BCUT2D eigenvalue weighted by Gasteiger charge is 2.16. The molecule has 1 N–H and O–H groups in total. The molecule has 0 bridgehead atoms. The molecule has 0 aliphatic heterocycles. The van der Waals surface area contributed by atoms with Gasteiger partial charge in [-0.15, -0.1) is 10.2 Å². The first-order chi connectivity index (χ1) is 9.44. The van der Waals surface area contributed by atoms with Crippen molar-refractivity contribution in [2.45, 2.75) is 31.8 Å². The van der Waals surface area contributed by atoms with Gasteiger partial charge in [-0.1, -0.05) is 6.07 Å². The molecule has 0 fully saturated rings. The number of nitrogens with zero attached hydrogens (tertiary/aromatic N) is 3. The quantitative estimate of drug-likeness (QED) is 0.900. The second-order valence-corrected chi connectivity index (χ2v) is 6.04. The first-order valence-electron chi connectivity index (χ1n) is 6.06. The lowest BCUT2D eigenvalue weighted by Crippen LogP contribution is -2.25. The molecular weight excluding hydrogens is 283 g/mol. The maximum Gasteiger partial charge on any atom is 0.241 e. The van der Waals surface area contributed by atoms with Crippen molar-refractivity contribution < 1.29 is 12.8 Å². The average Bonchev–Trinajstić information content (AvgIpc) is 2.87. The van der Waals surface area contributed by atoms with Gasteiger partial charge in [0.15, 0.2) is 0 Å². The number of hydrogen-bond acceptors (Lipinski definition) is 4. The zero-order valence-electron chi connectivity index (χ0n) is 11.2. The van der Waals surface area contributed by atoms with Gasteiger partial charge >= 0.3 is 0 Å². The van der Waals surface area contributed by atoms with Crippen LogP contribution in [-0.2, 0) is 23.1 Å². The van der Waals surface area contributed by atoms with Gasteiger partial charge < -0.3 is 4.57 Å². The molecule has 0 atom stereocenters. The number of benzene rings is 1. The molecule has 108 valence electrons. The highest BCUT2D eigenvalue weighted by Crippen LogP contribution is 2.14. The zero-order valence-corrected chi connectivity index (χ0v) is 12.0. The fourth-order valence-electron chi connectivity index (χ4n) is 1.66. The molecule has 20 heavy (non-hydrogen) atoms. The van der Waals surface area contributed by atoms with Crippen LogP contribution >= 0.6 is 0 Å². The normalized spacial score (nSPS) is 11.8. The highest BCUT2D eigenvalue weighted by molar-refractivity contribution is 7.89. The third kappa shape index (κ3) is 3.02. The number of aromatic nitrogens is 3. The Kier molecular flexibility index (Phi) is 4.15. The van der Waals surface area contributed by atoms with E-state index < -0.39 is 15.8 Å². The maximum atomic E-state index is 13.4. The van der Waals surface area contributed by atoms with Crippen molar-refractivity contribution in [3.63, 3.8) is 0 Å². The summed E-state index contributed by atoms with van der Waals surface area (Å²) >= 11 is 0. The van der Waals surface area contributed by atoms with Crippen molar-refractivity contribution in [1.29, 1.82) is 0 Å². The van der Waals surface area contributed by atoms with Crippen molar-refractivity contribution >= 4 is 10.0 Å². The van der Waals surface area contributed by atoms with Gasteiger partial charge in [-0.05, 0) is 31.5 Å². The molecular formula is C12H15FN4O2S. The molecule has 0 aliphatic carbocycles. The first-order valence-corrected chi connectivity index (χ1v) is 7.55. The SMILES string of the molecule is CCn1cnnc1CNS(=O)(=O)c1ccc(C)c(F)c1. The van der Waals surface area contributed by atoms with E-state index in [1.54, 1.807) is 11.5 Å². The Morgan fingerprint density at radius 2 is 2.15 bits per heavy atom. The van der Waals surface area contributed by atoms with Crippen molar-refractivity contribution in [3.8, 4) is 0 Å². The van der Waals surface area contributed by atoms with Crippen molar-refractivity contribution in [2.75, 3.05) is 0 Å². The first kappa shape index (κ1) is 14.6. The Morgan fingerprint density at radius 1 is 1.40 bits per heavy atom. The molecule has 0 aliphatic rings. The van der Waals surface area contributed by atoms with E-state index in [-0.39, 0.29) is 11.4 Å². The number of sulfonamides is 1. The molecule has 0 saturated carbocycles. The Labute approximate surface area is 116 Å². The summed E-state index contributed by atoms with van der Waals surface area (Å²) in [7, 11) is -3.77. The van der Waals surface area contributed by atoms with Crippen LogP contribution in [0.3, 0.4) is 0 Å². The summed E-state index contributed by atoms with van der Waals surface area (Å²) in [6, 6.07) is 3.80. The van der Waals surface area contributed by atoms with Crippen LogP contribution in [0.5, 0.6) is 0 Å². The van der Waals surface area contributed by atoms with E-state index in [1.807, 2.05) is 6.92 Å². The smallest absolute Gasteiger partial charge is 0.241 e. The molecule has 6 nitrogen and oxygen atoms in total. The predicted molar refractivity (Wildman–Crippen MR) is 70.9 cm³/mol. The van der Waals surface area contributed by atoms with Gasteiger partial charge in [0.05, 0.1) is 11.4 Å². The zero-order chi connectivity index (χ0) is 14.8. The summed E-state index contributed by atoms with van der Waals surface area (Å²) in [4.78, 5) is -0.108. The monoisotopic (exact) mass is 298 g/mol. The summed E-state index contributed by atoms with van der Waals surface area (Å²) in [5.74, 6) is -0.0479. The molecule has 1 aromatic carbocycles.